The van der Waals surface area contributed by atoms with Crippen LogP contribution in [0.5, 0.6) is 5.75 Å². The Kier molecular flexibility index (Phi) is 5.92. The van der Waals surface area contributed by atoms with Crippen molar-refractivity contribution >= 4 is 27.0 Å². The van der Waals surface area contributed by atoms with E-state index in [-0.39, 0.29) is 0 Å². The summed E-state index contributed by atoms with van der Waals surface area (Å²) < 4.78 is 8.78. The highest BCUT2D eigenvalue weighted by atomic mass is 79.9. The van der Waals surface area contributed by atoms with Crippen LogP contribution in [0.2, 0.25) is 0 Å². The summed E-state index contributed by atoms with van der Waals surface area (Å²) in [4.78, 5) is 6.73. The number of rotatable bonds is 7. The lowest BCUT2D eigenvalue weighted by Crippen LogP contribution is -2.15. The summed E-state index contributed by atoms with van der Waals surface area (Å²) in [5, 5.41) is 5.90. The first-order valence-electron chi connectivity index (χ1n) is 9.59. The lowest BCUT2D eigenvalue weighted by Gasteiger charge is -2.10. The molecule has 4 aromatic rings. The van der Waals surface area contributed by atoms with Gasteiger partial charge in [0.1, 0.15) is 11.4 Å². The van der Waals surface area contributed by atoms with Crippen LogP contribution in [0.1, 0.15) is 6.42 Å². The molecule has 0 N–H and O–H groups in total. The van der Waals surface area contributed by atoms with E-state index in [4.69, 9.17) is 9.84 Å². The van der Waals surface area contributed by atoms with E-state index < -0.39 is 0 Å². The average molecular weight is 451 g/mol. The molecule has 0 amide bonds. The Morgan fingerprint density at radius 3 is 2.48 bits per heavy atom. The first-order chi connectivity index (χ1) is 14.1. The van der Waals surface area contributed by atoms with Crippen molar-refractivity contribution in [3.05, 3.63) is 71.3 Å². The minimum atomic E-state index is 0.706. The van der Waals surface area contributed by atoms with E-state index in [0.29, 0.717) is 6.61 Å². The van der Waals surface area contributed by atoms with Crippen molar-refractivity contribution in [2.24, 2.45) is 0 Å². The molecule has 0 saturated heterocycles. The number of hydrogen-bond acceptors (Lipinski definition) is 4. The zero-order valence-corrected chi connectivity index (χ0v) is 18.1. The van der Waals surface area contributed by atoms with Crippen LogP contribution in [0.25, 0.3) is 28.0 Å². The predicted molar refractivity (Wildman–Crippen MR) is 121 cm³/mol. The summed E-state index contributed by atoms with van der Waals surface area (Å²) >= 11 is 3.49. The van der Waals surface area contributed by atoms with Gasteiger partial charge in [0.05, 0.1) is 12.3 Å². The molecule has 0 unspecified atom stereocenters. The zero-order valence-electron chi connectivity index (χ0n) is 16.5. The molecular formula is C23H23BrN4O. The molecule has 0 aliphatic carbocycles. The summed E-state index contributed by atoms with van der Waals surface area (Å²) in [7, 11) is 4.14. The summed E-state index contributed by atoms with van der Waals surface area (Å²) in [6, 6.07) is 20.2. The van der Waals surface area contributed by atoms with Crippen LogP contribution in [0, 0.1) is 0 Å². The lowest BCUT2D eigenvalue weighted by atomic mass is 10.1. The fourth-order valence-electron chi connectivity index (χ4n) is 3.21. The number of pyridine rings is 1. The van der Waals surface area contributed by atoms with Gasteiger partial charge in [-0.1, -0.05) is 28.1 Å². The third-order valence-corrected chi connectivity index (χ3v) is 5.19. The molecule has 5 nitrogen and oxygen atoms in total. The van der Waals surface area contributed by atoms with Crippen molar-refractivity contribution in [3.8, 4) is 22.7 Å². The highest BCUT2D eigenvalue weighted by Crippen LogP contribution is 2.29. The number of fused-ring (bicyclic) bond motifs is 1. The predicted octanol–water partition coefficient (Wildman–Crippen LogP) is 5.18. The Bertz CT molecular complexity index is 1090. The number of ether oxygens (including phenoxy) is 1. The Morgan fingerprint density at radius 1 is 1.00 bits per heavy atom. The molecule has 0 atom stereocenters. The Balaban J connectivity index is 1.62. The number of benzene rings is 2. The largest absolute Gasteiger partial charge is 0.494 e. The Labute approximate surface area is 179 Å². The Hall–Kier alpha value is -2.70. The van der Waals surface area contributed by atoms with Crippen LogP contribution in [-0.4, -0.2) is 46.9 Å². The second-order valence-corrected chi connectivity index (χ2v) is 8.06. The van der Waals surface area contributed by atoms with Gasteiger partial charge in [-0.3, -0.25) is 0 Å². The first-order valence-corrected chi connectivity index (χ1v) is 10.4. The van der Waals surface area contributed by atoms with E-state index in [1.54, 1.807) is 6.20 Å². The molecule has 2 aromatic carbocycles. The standard InChI is InChI=1S/C23H23BrN4O/c1-27(2)15-4-16-29-20-12-10-19(11-13-20)28-23-21(5-3-14-25-23)22(26-28)17-6-8-18(24)9-7-17/h3,5-14H,4,15-16H2,1-2H3. The third-order valence-electron chi connectivity index (χ3n) is 4.66. The van der Waals surface area contributed by atoms with E-state index in [2.05, 4.69) is 58.1 Å². The quantitative estimate of drug-likeness (QED) is 0.363. The van der Waals surface area contributed by atoms with Crippen LogP contribution < -0.4 is 4.74 Å². The maximum Gasteiger partial charge on any atom is 0.163 e. The van der Waals surface area contributed by atoms with Gasteiger partial charge in [0, 0.05) is 28.2 Å². The molecule has 2 heterocycles. The van der Waals surface area contributed by atoms with Crippen molar-refractivity contribution in [2.45, 2.75) is 6.42 Å². The second kappa shape index (κ2) is 8.76. The minimum absolute atomic E-state index is 0.706. The average Bonchev–Trinajstić information content (AvgIpc) is 3.12. The molecule has 0 spiro atoms. The topological polar surface area (TPSA) is 43.2 Å². The smallest absolute Gasteiger partial charge is 0.163 e. The molecule has 0 saturated carbocycles. The molecule has 0 radical (unpaired) electrons. The van der Waals surface area contributed by atoms with Crippen LogP contribution in [0.4, 0.5) is 0 Å². The molecule has 0 aliphatic rings. The number of aromatic nitrogens is 3. The molecule has 0 bridgehead atoms. The monoisotopic (exact) mass is 450 g/mol. The second-order valence-electron chi connectivity index (χ2n) is 7.14. The molecule has 148 valence electrons. The number of nitrogens with zero attached hydrogens (tertiary/aromatic N) is 4. The highest BCUT2D eigenvalue weighted by Gasteiger charge is 2.14. The number of halogens is 1. The molecule has 4 rings (SSSR count). The van der Waals surface area contributed by atoms with Gasteiger partial charge >= 0.3 is 0 Å². The van der Waals surface area contributed by atoms with Crippen LogP contribution in [0.15, 0.2) is 71.3 Å². The van der Waals surface area contributed by atoms with E-state index >= 15 is 0 Å². The van der Waals surface area contributed by atoms with E-state index in [9.17, 15) is 0 Å². The van der Waals surface area contributed by atoms with Crippen molar-refractivity contribution in [3.63, 3.8) is 0 Å². The van der Waals surface area contributed by atoms with Crippen LogP contribution in [-0.2, 0) is 0 Å². The van der Waals surface area contributed by atoms with Crippen molar-refractivity contribution < 1.29 is 4.74 Å². The zero-order chi connectivity index (χ0) is 20.2. The van der Waals surface area contributed by atoms with Gasteiger partial charge in [-0.2, -0.15) is 5.10 Å². The maximum absolute atomic E-state index is 5.84. The highest BCUT2D eigenvalue weighted by molar-refractivity contribution is 9.10. The summed E-state index contributed by atoms with van der Waals surface area (Å²) in [6.45, 7) is 1.72. The molecule has 2 aromatic heterocycles. The fraction of sp³-hybridized carbons (Fsp3) is 0.217. The molecule has 6 heteroatoms. The third kappa shape index (κ3) is 4.49. The summed E-state index contributed by atoms with van der Waals surface area (Å²) in [5.41, 5.74) is 3.78. The minimum Gasteiger partial charge on any atom is -0.494 e. The van der Waals surface area contributed by atoms with Crippen molar-refractivity contribution in [1.29, 1.82) is 0 Å². The summed E-state index contributed by atoms with van der Waals surface area (Å²) in [6.07, 6.45) is 2.80. The van der Waals surface area contributed by atoms with Crippen LogP contribution in [0.3, 0.4) is 0 Å². The van der Waals surface area contributed by atoms with E-state index in [1.165, 1.54) is 0 Å². The molecule has 0 aliphatic heterocycles. The van der Waals surface area contributed by atoms with Gasteiger partial charge in [-0.25, -0.2) is 9.67 Å². The van der Waals surface area contributed by atoms with Gasteiger partial charge in [0.25, 0.3) is 0 Å². The summed E-state index contributed by atoms with van der Waals surface area (Å²) in [5.74, 6) is 0.866. The van der Waals surface area contributed by atoms with E-state index in [0.717, 1.165) is 51.2 Å². The molecular weight excluding hydrogens is 428 g/mol. The lowest BCUT2D eigenvalue weighted by molar-refractivity contribution is 0.281. The van der Waals surface area contributed by atoms with Gasteiger partial charge in [0.15, 0.2) is 5.65 Å². The van der Waals surface area contributed by atoms with Gasteiger partial charge in [-0.05, 0) is 69.0 Å². The van der Waals surface area contributed by atoms with E-state index in [1.807, 2.05) is 47.1 Å². The first kappa shape index (κ1) is 19.6. The van der Waals surface area contributed by atoms with Crippen LogP contribution >= 0.6 is 15.9 Å². The fourth-order valence-corrected chi connectivity index (χ4v) is 3.47. The SMILES string of the molecule is CN(C)CCCOc1ccc(-n2nc(-c3ccc(Br)cc3)c3cccnc32)cc1. The van der Waals surface area contributed by atoms with Gasteiger partial charge < -0.3 is 9.64 Å². The number of hydrogen-bond donors (Lipinski definition) is 0. The molecule has 29 heavy (non-hydrogen) atoms. The normalized spacial score (nSPS) is 11.3. The van der Waals surface area contributed by atoms with Gasteiger partial charge in [0.2, 0.25) is 0 Å². The maximum atomic E-state index is 5.84. The van der Waals surface area contributed by atoms with Crippen molar-refractivity contribution in [2.75, 3.05) is 27.2 Å². The Morgan fingerprint density at radius 2 is 1.76 bits per heavy atom. The van der Waals surface area contributed by atoms with Gasteiger partial charge in [-0.15, -0.1) is 0 Å². The van der Waals surface area contributed by atoms with Crippen molar-refractivity contribution in [1.82, 2.24) is 19.7 Å². The molecule has 0 fully saturated rings.